The second-order valence-corrected chi connectivity index (χ2v) is 6.55. The van der Waals surface area contributed by atoms with Gasteiger partial charge in [-0.15, -0.1) is 0 Å². The van der Waals surface area contributed by atoms with E-state index in [1.54, 1.807) is 12.1 Å². The lowest BCUT2D eigenvalue weighted by atomic mass is 9.90. The van der Waals surface area contributed by atoms with Gasteiger partial charge in [-0.3, -0.25) is 0 Å². The minimum absolute atomic E-state index is 0.358. The molecule has 1 aliphatic rings. The van der Waals surface area contributed by atoms with Crippen molar-refractivity contribution in [3.05, 3.63) is 36.0 Å². The van der Waals surface area contributed by atoms with Gasteiger partial charge in [0.25, 0.3) is 0 Å². The Morgan fingerprint density at radius 2 is 1.77 bits per heavy atom. The summed E-state index contributed by atoms with van der Waals surface area (Å²) in [6, 6.07) is 7.42. The molecule has 22 heavy (non-hydrogen) atoms. The smallest absolute Gasteiger partial charge is 0.465 e. The lowest BCUT2D eigenvalue weighted by molar-refractivity contribution is 0.00578. The molecule has 0 saturated carbocycles. The third-order valence-electron chi connectivity index (χ3n) is 4.61. The number of aromatic nitrogens is 1. The molecule has 1 aromatic heterocycles. The van der Waals surface area contributed by atoms with Crippen LogP contribution in [0.5, 0.6) is 0 Å². The summed E-state index contributed by atoms with van der Waals surface area (Å²) in [5.74, 6) is -0.358. The molecule has 0 radical (unpaired) electrons. The maximum atomic E-state index is 11.7. The first kappa shape index (κ1) is 15.1. The fourth-order valence-corrected chi connectivity index (χ4v) is 2.50. The number of methoxy groups -OCH3 is 1. The van der Waals surface area contributed by atoms with E-state index in [0.717, 1.165) is 10.9 Å². The highest BCUT2D eigenvalue weighted by Gasteiger charge is 2.52. The van der Waals surface area contributed by atoms with Gasteiger partial charge >= 0.3 is 13.2 Å². The molecule has 2 aromatic rings. The van der Waals surface area contributed by atoms with Crippen LogP contribution in [0.3, 0.4) is 0 Å². The molecule has 1 aliphatic heterocycles. The lowest BCUT2D eigenvalue weighted by Gasteiger charge is -2.32. The molecule has 3 rings (SSSR count). The summed E-state index contributed by atoms with van der Waals surface area (Å²) in [6.07, 6.45) is 1.91. The number of fused-ring (bicyclic) bond motifs is 1. The Kier molecular flexibility index (Phi) is 3.34. The summed E-state index contributed by atoms with van der Waals surface area (Å²) in [5.41, 5.74) is 0.565. The van der Waals surface area contributed by atoms with E-state index in [1.165, 1.54) is 7.11 Å². The second kappa shape index (κ2) is 4.86. The molecule has 1 aromatic carbocycles. The molecule has 116 valence electrons. The van der Waals surface area contributed by atoms with Crippen molar-refractivity contribution in [3.63, 3.8) is 0 Å². The van der Waals surface area contributed by atoms with E-state index < -0.39 is 18.5 Å². The standard InChI is InChI=1S/C16H20BNO4/c1-15(2)16(3,4)22-17(21-15)18-9-8-11-6-7-12(10-13(11)18)14(19)20-5/h6-10H,1-5H3. The number of carbonyl (C=O) groups is 1. The van der Waals surface area contributed by atoms with Gasteiger partial charge in [-0.1, -0.05) is 6.07 Å². The fourth-order valence-electron chi connectivity index (χ4n) is 2.50. The molecular weight excluding hydrogens is 281 g/mol. The molecule has 1 saturated heterocycles. The highest BCUT2D eigenvalue weighted by atomic mass is 16.7. The minimum Gasteiger partial charge on any atom is -0.465 e. The maximum absolute atomic E-state index is 11.7. The maximum Gasteiger partial charge on any atom is 0.598 e. The van der Waals surface area contributed by atoms with Crippen LogP contribution >= 0.6 is 0 Å². The van der Waals surface area contributed by atoms with E-state index in [2.05, 4.69) is 0 Å². The van der Waals surface area contributed by atoms with Crippen molar-refractivity contribution in [1.82, 2.24) is 4.48 Å². The topological polar surface area (TPSA) is 49.7 Å². The molecule has 1 fully saturated rings. The quantitative estimate of drug-likeness (QED) is 0.632. The third-order valence-corrected chi connectivity index (χ3v) is 4.61. The lowest BCUT2D eigenvalue weighted by Crippen LogP contribution is -2.41. The molecule has 0 aliphatic carbocycles. The number of hydrogen-bond donors (Lipinski definition) is 0. The molecule has 0 bridgehead atoms. The monoisotopic (exact) mass is 301 g/mol. The van der Waals surface area contributed by atoms with E-state index in [0.29, 0.717) is 5.56 Å². The summed E-state index contributed by atoms with van der Waals surface area (Å²) in [6.45, 7) is 8.05. The summed E-state index contributed by atoms with van der Waals surface area (Å²) in [4.78, 5) is 11.7. The molecule has 0 amide bonds. The van der Waals surface area contributed by atoms with Crippen LogP contribution in [0.25, 0.3) is 10.9 Å². The molecule has 0 N–H and O–H groups in total. The zero-order valence-electron chi connectivity index (χ0n) is 13.5. The third kappa shape index (κ3) is 2.23. The summed E-state index contributed by atoms with van der Waals surface area (Å²) >= 11 is 0. The first-order valence-electron chi connectivity index (χ1n) is 7.30. The van der Waals surface area contributed by atoms with Gasteiger partial charge in [0.2, 0.25) is 0 Å². The van der Waals surface area contributed by atoms with Gasteiger partial charge in [0.1, 0.15) is 0 Å². The fraction of sp³-hybridized carbons (Fsp3) is 0.438. The zero-order chi connectivity index (χ0) is 16.1. The summed E-state index contributed by atoms with van der Waals surface area (Å²) < 4.78 is 18.8. The molecule has 0 unspecified atom stereocenters. The van der Waals surface area contributed by atoms with Crippen molar-refractivity contribution in [2.75, 3.05) is 7.11 Å². The largest absolute Gasteiger partial charge is 0.598 e. The number of benzene rings is 1. The molecule has 0 atom stereocenters. The van der Waals surface area contributed by atoms with Crippen LogP contribution in [0.4, 0.5) is 0 Å². The van der Waals surface area contributed by atoms with Gasteiger partial charge in [-0.25, -0.2) is 4.79 Å². The Bertz CT molecular complexity index is 719. The normalized spacial score (nSPS) is 19.6. The number of carbonyl (C=O) groups excluding carboxylic acids is 1. The molecule has 5 nitrogen and oxygen atoms in total. The van der Waals surface area contributed by atoms with Crippen LogP contribution < -0.4 is 0 Å². The van der Waals surface area contributed by atoms with Crippen LogP contribution in [0, 0.1) is 0 Å². The van der Waals surface area contributed by atoms with E-state index in [9.17, 15) is 4.79 Å². The predicted molar refractivity (Wildman–Crippen MR) is 84.8 cm³/mol. The van der Waals surface area contributed by atoms with Crippen molar-refractivity contribution in [3.8, 4) is 0 Å². The van der Waals surface area contributed by atoms with Crippen molar-refractivity contribution >= 4 is 24.1 Å². The molecule has 0 spiro atoms. The molecular formula is C16H20BNO4. The van der Waals surface area contributed by atoms with Crippen LogP contribution in [0.2, 0.25) is 0 Å². The molecule has 2 heterocycles. The SMILES string of the molecule is COC(=O)c1ccc2ccn(B3OC(C)(C)C(C)(C)O3)c2c1. The van der Waals surface area contributed by atoms with E-state index in [1.807, 2.05) is 50.5 Å². The Hall–Kier alpha value is -1.79. The zero-order valence-corrected chi connectivity index (χ0v) is 13.5. The number of rotatable bonds is 2. The Labute approximate surface area is 130 Å². The van der Waals surface area contributed by atoms with Crippen LogP contribution in [-0.4, -0.2) is 36.0 Å². The van der Waals surface area contributed by atoms with Gasteiger partial charge in [0.15, 0.2) is 0 Å². The number of nitrogens with zero attached hydrogens (tertiary/aromatic N) is 1. The van der Waals surface area contributed by atoms with E-state index in [4.69, 9.17) is 14.0 Å². The highest BCUT2D eigenvalue weighted by molar-refractivity contribution is 6.45. The predicted octanol–water partition coefficient (Wildman–Crippen LogP) is 2.86. The van der Waals surface area contributed by atoms with Crippen molar-refractivity contribution in [1.29, 1.82) is 0 Å². The minimum atomic E-state index is -0.518. The van der Waals surface area contributed by atoms with Crippen LogP contribution in [0.15, 0.2) is 30.5 Å². The summed E-state index contributed by atoms with van der Waals surface area (Å²) in [7, 11) is 0.857. The molecule has 6 heteroatoms. The van der Waals surface area contributed by atoms with Crippen molar-refractivity contribution in [2.45, 2.75) is 38.9 Å². The summed E-state index contributed by atoms with van der Waals surface area (Å²) in [5, 5.41) is 1.02. The first-order chi connectivity index (χ1) is 10.2. The Morgan fingerprint density at radius 3 is 2.36 bits per heavy atom. The average Bonchev–Trinajstić information content (AvgIpc) is 2.96. The van der Waals surface area contributed by atoms with Gasteiger partial charge in [0, 0.05) is 5.52 Å². The number of esters is 1. The van der Waals surface area contributed by atoms with Crippen LogP contribution in [-0.2, 0) is 14.0 Å². The second-order valence-electron chi connectivity index (χ2n) is 6.55. The first-order valence-corrected chi connectivity index (χ1v) is 7.30. The Morgan fingerprint density at radius 1 is 1.14 bits per heavy atom. The van der Waals surface area contributed by atoms with Crippen LogP contribution in [0.1, 0.15) is 38.1 Å². The average molecular weight is 301 g/mol. The van der Waals surface area contributed by atoms with E-state index >= 15 is 0 Å². The van der Waals surface area contributed by atoms with Gasteiger partial charge < -0.3 is 18.5 Å². The number of hydrogen-bond acceptors (Lipinski definition) is 4. The van der Waals surface area contributed by atoms with E-state index in [-0.39, 0.29) is 5.97 Å². The van der Waals surface area contributed by atoms with Crippen molar-refractivity contribution < 1.29 is 18.8 Å². The number of ether oxygens (including phenoxy) is 1. The Balaban J connectivity index is 2.03. The van der Waals surface area contributed by atoms with Gasteiger partial charge in [-0.2, -0.15) is 0 Å². The van der Waals surface area contributed by atoms with Gasteiger partial charge in [-0.05, 0) is 57.5 Å². The van der Waals surface area contributed by atoms with Gasteiger partial charge in [0.05, 0.1) is 23.9 Å². The van der Waals surface area contributed by atoms with Crippen molar-refractivity contribution in [2.24, 2.45) is 0 Å². The highest BCUT2D eigenvalue weighted by Crippen LogP contribution is 2.37.